The number of rotatable bonds is 8. The fourth-order valence-corrected chi connectivity index (χ4v) is 2.14. The van der Waals surface area contributed by atoms with Gasteiger partial charge < -0.3 is 20.1 Å². The normalized spacial score (nSPS) is 10.1. The molecule has 0 aliphatic rings. The molecule has 0 heterocycles. The molecule has 0 fully saturated rings. The van der Waals surface area contributed by atoms with E-state index < -0.39 is 11.8 Å². The zero-order chi connectivity index (χ0) is 18.8. The number of carbonyl (C=O) groups is 2. The largest absolute Gasteiger partial charge is 0.497 e. The average molecular weight is 360 g/mol. The Morgan fingerprint density at radius 3 is 2.08 bits per heavy atom. The lowest BCUT2D eigenvalue weighted by Gasteiger charge is -2.09. The summed E-state index contributed by atoms with van der Waals surface area (Å²) in [6.45, 7) is 0.734. The first-order chi connectivity index (χ1) is 12.6. The maximum atomic E-state index is 12.8. The van der Waals surface area contributed by atoms with Crippen LogP contribution in [-0.2, 0) is 16.0 Å². The Balaban J connectivity index is 1.60. The topological polar surface area (TPSA) is 76.7 Å². The molecule has 2 N–H and O–H groups in total. The summed E-state index contributed by atoms with van der Waals surface area (Å²) in [5.74, 6) is -0.375. The molecule has 2 amide bonds. The molecule has 0 aromatic heterocycles. The molecule has 2 rings (SSSR count). The van der Waals surface area contributed by atoms with E-state index in [-0.39, 0.29) is 19.0 Å². The van der Waals surface area contributed by atoms with E-state index in [1.165, 1.54) is 12.1 Å². The second-order valence-electron chi connectivity index (χ2n) is 5.41. The lowest BCUT2D eigenvalue weighted by atomic mass is 10.1. The van der Waals surface area contributed by atoms with Crippen molar-refractivity contribution in [3.05, 3.63) is 59.9 Å². The van der Waals surface area contributed by atoms with E-state index in [2.05, 4.69) is 10.6 Å². The second-order valence-corrected chi connectivity index (χ2v) is 5.41. The highest BCUT2D eigenvalue weighted by atomic mass is 19.1. The van der Waals surface area contributed by atoms with Gasteiger partial charge in [0.25, 0.3) is 0 Å². The van der Waals surface area contributed by atoms with Crippen LogP contribution >= 0.6 is 0 Å². The molecule has 2 aromatic carbocycles. The van der Waals surface area contributed by atoms with E-state index in [0.29, 0.717) is 18.7 Å². The number of methoxy groups -OCH3 is 1. The minimum Gasteiger partial charge on any atom is -0.497 e. The molecule has 26 heavy (non-hydrogen) atoms. The van der Waals surface area contributed by atoms with Gasteiger partial charge in [0, 0.05) is 6.54 Å². The molecule has 6 nitrogen and oxygen atoms in total. The van der Waals surface area contributed by atoms with Gasteiger partial charge in [-0.05, 0) is 48.4 Å². The van der Waals surface area contributed by atoms with E-state index in [4.69, 9.17) is 9.47 Å². The third-order valence-corrected chi connectivity index (χ3v) is 3.53. The monoisotopic (exact) mass is 360 g/mol. The van der Waals surface area contributed by atoms with Gasteiger partial charge in [-0.25, -0.2) is 4.39 Å². The molecule has 0 unspecified atom stereocenters. The number of ether oxygens (including phenoxy) is 2. The summed E-state index contributed by atoms with van der Waals surface area (Å²) in [7, 11) is 1.58. The zero-order valence-electron chi connectivity index (χ0n) is 14.5. The Kier molecular flexibility index (Phi) is 7.42. The van der Waals surface area contributed by atoms with E-state index in [1.807, 2.05) is 0 Å². The summed E-state index contributed by atoms with van der Waals surface area (Å²) < 4.78 is 23.3. The van der Waals surface area contributed by atoms with Gasteiger partial charge in [-0.2, -0.15) is 0 Å². The molecular weight excluding hydrogens is 339 g/mol. The smallest absolute Gasteiger partial charge is 0.309 e. The van der Waals surface area contributed by atoms with Crippen LogP contribution < -0.4 is 20.1 Å². The quantitative estimate of drug-likeness (QED) is 0.555. The van der Waals surface area contributed by atoms with Crippen LogP contribution in [0.15, 0.2) is 48.5 Å². The fourth-order valence-electron chi connectivity index (χ4n) is 2.14. The van der Waals surface area contributed by atoms with Crippen LogP contribution in [0.4, 0.5) is 4.39 Å². The van der Waals surface area contributed by atoms with Gasteiger partial charge in [0.15, 0.2) is 0 Å². The van der Waals surface area contributed by atoms with Crippen LogP contribution in [0.25, 0.3) is 0 Å². The van der Waals surface area contributed by atoms with Crippen molar-refractivity contribution in [2.45, 2.75) is 6.42 Å². The standard InChI is InChI=1S/C19H21FN2O4/c1-25-16-6-8-17(9-7-16)26-13-12-22-19(24)18(23)21-11-10-14-2-4-15(20)5-3-14/h2-9H,10-13H2,1H3,(H,21,23)(H,22,24). The van der Waals surface area contributed by atoms with Gasteiger partial charge in [0.1, 0.15) is 23.9 Å². The number of carbonyl (C=O) groups excluding carboxylic acids is 2. The molecule has 0 aliphatic heterocycles. The van der Waals surface area contributed by atoms with E-state index in [9.17, 15) is 14.0 Å². The van der Waals surface area contributed by atoms with Crippen molar-refractivity contribution in [3.8, 4) is 11.5 Å². The van der Waals surface area contributed by atoms with Crippen molar-refractivity contribution in [2.75, 3.05) is 26.8 Å². The Labute approximate surface area is 151 Å². The minimum absolute atomic E-state index is 0.205. The minimum atomic E-state index is -0.720. The Hall–Kier alpha value is -3.09. The van der Waals surface area contributed by atoms with Gasteiger partial charge in [-0.15, -0.1) is 0 Å². The Morgan fingerprint density at radius 2 is 1.46 bits per heavy atom. The van der Waals surface area contributed by atoms with Crippen molar-refractivity contribution < 1.29 is 23.5 Å². The fraction of sp³-hybridized carbons (Fsp3) is 0.263. The molecule has 7 heteroatoms. The van der Waals surface area contributed by atoms with Crippen molar-refractivity contribution in [2.24, 2.45) is 0 Å². The lowest BCUT2D eigenvalue weighted by Crippen LogP contribution is -2.42. The molecule has 138 valence electrons. The number of halogens is 1. The maximum absolute atomic E-state index is 12.8. The van der Waals surface area contributed by atoms with Crippen LogP contribution in [0, 0.1) is 5.82 Å². The van der Waals surface area contributed by atoms with Crippen LogP contribution in [0.5, 0.6) is 11.5 Å². The first kappa shape index (κ1) is 19.2. The van der Waals surface area contributed by atoms with Crippen LogP contribution in [-0.4, -0.2) is 38.6 Å². The van der Waals surface area contributed by atoms with E-state index in [1.54, 1.807) is 43.5 Å². The summed E-state index contributed by atoms with van der Waals surface area (Å²) in [5, 5.41) is 5.00. The molecule has 0 bridgehead atoms. The first-order valence-electron chi connectivity index (χ1n) is 8.16. The number of hydrogen-bond donors (Lipinski definition) is 2. The van der Waals surface area contributed by atoms with E-state index >= 15 is 0 Å². The highest BCUT2D eigenvalue weighted by molar-refractivity contribution is 6.35. The summed E-state index contributed by atoms with van der Waals surface area (Å²) in [4.78, 5) is 23.4. The van der Waals surface area contributed by atoms with Crippen LogP contribution in [0.2, 0.25) is 0 Å². The van der Waals surface area contributed by atoms with Crippen LogP contribution in [0.3, 0.4) is 0 Å². The lowest BCUT2D eigenvalue weighted by molar-refractivity contribution is -0.139. The third kappa shape index (κ3) is 6.43. The van der Waals surface area contributed by atoms with Gasteiger partial charge in [0.2, 0.25) is 0 Å². The van der Waals surface area contributed by atoms with Crippen LogP contribution in [0.1, 0.15) is 5.56 Å². The first-order valence-corrected chi connectivity index (χ1v) is 8.16. The van der Waals surface area contributed by atoms with Crippen molar-refractivity contribution in [1.82, 2.24) is 10.6 Å². The SMILES string of the molecule is COc1ccc(OCCNC(=O)C(=O)NCCc2ccc(F)cc2)cc1. The van der Waals surface area contributed by atoms with Crippen molar-refractivity contribution in [3.63, 3.8) is 0 Å². The molecule has 0 spiro atoms. The zero-order valence-corrected chi connectivity index (χ0v) is 14.5. The third-order valence-electron chi connectivity index (χ3n) is 3.53. The number of hydrogen-bond acceptors (Lipinski definition) is 4. The second kappa shape index (κ2) is 10.0. The highest BCUT2D eigenvalue weighted by Gasteiger charge is 2.11. The average Bonchev–Trinajstić information content (AvgIpc) is 2.67. The summed E-state index contributed by atoms with van der Waals surface area (Å²) in [6.07, 6.45) is 0.514. The Bertz CT molecular complexity index is 717. The molecule has 0 aliphatic carbocycles. The molecule has 0 atom stereocenters. The predicted molar refractivity (Wildman–Crippen MR) is 94.6 cm³/mol. The Morgan fingerprint density at radius 1 is 0.885 bits per heavy atom. The number of amides is 2. The number of benzene rings is 2. The van der Waals surface area contributed by atoms with E-state index in [0.717, 1.165) is 11.3 Å². The number of nitrogens with one attached hydrogen (secondary N) is 2. The van der Waals surface area contributed by atoms with Crippen molar-refractivity contribution in [1.29, 1.82) is 0 Å². The molecule has 0 saturated heterocycles. The summed E-state index contributed by atoms with van der Waals surface area (Å²) >= 11 is 0. The van der Waals surface area contributed by atoms with Gasteiger partial charge in [-0.3, -0.25) is 9.59 Å². The van der Waals surface area contributed by atoms with Gasteiger partial charge in [0.05, 0.1) is 13.7 Å². The summed E-state index contributed by atoms with van der Waals surface area (Å²) in [5.41, 5.74) is 0.875. The molecular formula is C19H21FN2O4. The maximum Gasteiger partial charge on any atom is 0.309 e. The predicted octanol–water partition coefficient (Wildman–Crippen LogP) is 1.69. The molecule has 0 radical (unpaired) electrons. The highest BCUT2D eigenvalue weighted by Crippen LogP contribution is 2.16. The van der Waals surface area contributed by atoms with Gasteiger partial charge in [-0.1, -0.05) is 12.1 Å². The summed E-state index contributed by atoms with van der Waals surface area (Å²) in [6, 6.07) is 13.0. The van der Waals surface area contributed by atoms with Crippen molar-refractivity contribution >= 4 is 11.8 Å². The molecule has 2 aromatic rings. The molecule has 0 saturated carbocycles. The van der Waals surface area contributed by atoms with Gasteiger partial charge >= 0.3 is 11.8 Å².